The molecule has 2 aromatic carbocycles. The number of para-hydroxylation sites is 1. The molecule has 0 N–H and O–H groups in total. The third-order valence-electron chi connectivity index (χ3n) is 4.60. The van der Waals surface area contributed by atoms with Crippen LogP contribution in [0.4, 0.5) is 0 Å². The number of aromatic nitrogens is 4. The molecule has 5 heteroatoms. The predicted molar refractivity (Wildman–Crippen MR) is 96.3 cm³/mol. The van der Waals surface area contributed by atoms with Gasteiger partial charge in [0.15, 0.2) is 0 Å². The van der Waals surface area contributed by atoms with Gasteiger partial charge < -0.3 is 9.13 Å². The van der Waals surface area contributed by atoms with E-state index in [4.69, 9.17) is 0 Å². The van der Waals surface area contributed by atoms with Crippen LogP contribution in [0.2, 0.25) is 0 Å². The number of benzene rings is 2. The fraction of sp³-hybridized carbons (Fsp3) is 0.200. The molecule has 4 nitrogen and oxygen atoms in total. The number of aryl methyl sites for hydroxylation is 4. The zero-order valence-corrected chi connectivity index (χ0v) is 17.1. The van der Waals surface area contributed by atoms with E-state index >= 15 is 0 Å². The van der Waals surface area contributed by atoms with Crippen molar-refractivity contribution in [1.29, 1.82) is 0 Å². The molecule has 4 aromatic rings. The predicted octanol–water partition coefficient (Wildman–Crippen LogP) is 4.15. The van der Waals surface area contributed by atoms with Crippen molar-refractivity contribution in [3.63, 3.8) is 0 Å². The van der Waals surface area contributed by atoms with Crippen LogP contribution in [0, 0.1) is 26.8 Å². The first-order valence-electron chi connectivity index (χ1n) is 8.02. The van der Waals surface area contributed by atoms with E-state index in [9.17, 15) is 0 Å². The summed E-state index contributed by atoms with van der Waals surface area (Å²) in [5.41, 5.74) is 6.64. The molecular weight excluding hydrogens is 488 g/mol. The Morgan fingerprint density at radius 2 is 1.76 bits per heavy atom. The number of hydrogen-bond donors (Lipinski definition) is 0. The Balaban J connectivity index is 0.00000182. The van der Waals surface area contributed by atoms with Gasteiger partial charge in [0.1, 0.15) is 0 Å². The van der Waals surface area contributed by atoms with E-state index in [-0.39, 0.29) is 20.1 Å². The standard InChI is InChI=1S/C20H19N4.Ir/c1-13-7-5-8-14(2)18(13)24-12-11-21-20(24)16-9-6-10-17-19(16)23(4)15(3)22-17;/h5-8,10-12H,1-4H3;/q-1;. The van der Waals surface area contributed by atoms with E-state index in [2.05, 4.69) is 57.2 Å². The second-order valence-electron chi connectivity index (χ2n) is 6.17. The molecule has 0 saturated heterocycles. The fourth-order valence-electron chi connectivity index (χ4n) is 3.35. The van der Waals surface area contributed by atoms with Crippen LogP contribution in [0.15, 0.2) is 42.7 Å². The number of fused-ring (bicyclic) bond motifs is 1. The monoisotopic (exact) mass is 508 g/mol. The SMILES string of the molecule is Cc1cccc(C)c1-n1ccnc1-c1[c-]ccc2nc(C)n(C)c12.[Ir]. The summed E-state index contributed by atoms with van der Waals surface area (Å²) in [5, 5.41) is 0. The molecule has 2 heterocycles. The van der Waals surface area contributed by atoms with Gasteiger partial charge >= 0.3 is 0 Å². The number of rotatable bonds is 2. The van der Waals surface area contributed by atoms with Crippen LogP contribution >= 0.6 is 0 Å². The van der Waals surface area contributed by atoms with Crippen LogP contribution in [-0.2, 0) is 27.2 Å². The molecule has 0 aliphatic heterocycles. The Hall–Kier alpha value is -2.23. The molecule has 4 rings (SSSR count). The average Bonchev–Trinajstić information content (AvgIpc) is 3.13. The largest absolute Gasteiger partial charge is 0.371 e. The maximum absolute atomic E-state index is 4.64. The summed E-state index contributed by atoms with van der Waals surface area (Å²) < 4.78 is 4.25. The van der Waals surface area contributed by atoms with E-state index < -0.39 is 0 Å². The first-order chi connectivity index (χ1) is 11.6. The molecule has 0 bridgehead atoms. The van der Waals surface area contributed by atoms with E-state index in [1.807, 2.05) is 38.5 Å². The van der Waals surface area contributed by atoms with Crippen LogP contribution in [0.5, 0.6) is 0 Å². The van der Waals surface area contributed by atoms with Crippen LogP contribution in [0.25, 0.3) is 28.1 Å². The summed E-state index contributed by atoms with van der Waals surface area (Å²) in [5.74, 6) is 1.87. The van der Waals surface area contributed by atoms with Gasteiger partial charge in [0.05, 0.1) is 11.6 Å². The molecule has 0 spiro atoms. The van der Waals surface area contributed by atoms with Crippen LogP contribution < -0.4 is 0 Å². The molecule has 0 aliphatic rings. The third kappa shape index (κ3) is 2.74. The first kappa shape index (κ1) is 17.6. The Morgan fingerprint density at radius 3 is 2.48 bits per heavy atom. The zero-order valence-electron chi connectivity index (χ0n) is 14.7. The maximum Gasteiger partial charge on any atom is 0.0957 e. The van der Waals surface area contributed by atoms with Crippen molar-refractivity contribution in [2.24, 2.45) is 7.05 Å². The quantitative estimate of drug-likeness (QED) is 0.382. The van der Waals surface area contributed by atoms with E-state index in [0.29, 0.717) is 0 Å². The van der Waals surface area contributed by atoms with Crippen LogP contribution in [0.1, 0.15) is 17.0 Å². The summed E-state index contributed by atoms with van der Waals surface area (Å²) in [7, 11) is 2.04. The number of nitrogens with zero attached hydrogens (tertiary/aromatic N) is 4. The zero-order chi connectivity index (χ0) is 16.8. The second kappa shape index (κ2) is 6.58. The molecule has 25 heavy (non-hydrogen) atoms. The summed E-state index contributed by atoms with van der Waals surface area (Å²) in [6, 6.07) is 13.6. The van der Waals surface area contributed by atoms with E-state index in [1.54, 1.807) is 0 Å². The van der Waals surface area contributed by atoms with Gasteiger partial charge in [-0.3, -0.25) is 9.97 Å². The van der Waals surface area contributed by atoms with Crippen LogP contribution in [0.3, 0.4) is 0 Å². The van der Waals surface area contributed by atoms with Crippen molar-refractivity contribution >= 4 is 11.0 Å². The summed E-state index contributed by atoms with van der Waals surface area (Å²) >= 11 is 0. The summed E-state index contributed by atoms with van der Waals surface area (Å²) in [6.45, 7) is 6.27. The minimum Gasteiger partial charge on any atom is -0.371 e. The van der Waals surface area contributed by atoms with Crippen molar-refractivity contribution in [3.05, 3.63) is 65.7 Å². The van der Waals surface area contributed by atoms with Gasteiger partial charge in [-0.15, -0.1) is 18.2 Å². The third-order valence-corrected chi connectivity index (χ3v) is 4.60. The van der Waals surface area contributed by atoms with Crippen molar-refractivity contribution in [2.75, 3.05) is 0 Å². The summed E-state index contributed by atoms with van der Waals surface area (Å²) in [4.78, 5) is 9.26. The van der Waals surface area contributed by atoms with Gasteiger partial charge in [-0.2, -0.15) is 0 Å². The number of hydrogen-bond acceptors (Lipinski definition) is 2. The Kier molecular flexibility index (Phi) is 4.63. The fourth-order valence-corrected chi connectivity index (χ4v) is 3.35. The maximum atomic E-state index is 4.64. The van der Waals surface area contributed by atoms with E-state index in [0.717, 1.165) is 28.2 Å². The van der Waals surface area contributed by atoms with Crippen molar-refractivity contribution in [2.45, 2.75) is 20.8 Å². The minimum absolute atomic E-state index is 0. The Morgan fingerprint density at radius 1 is 1.04 bits per heavy atom. The van der Waals surface area contributed by atoms with Gasteiger partial charge in [-0.25, -0.2) is 0 Å². The first-order valence-corrected chi connectivity index (χ1v) is 8.02. The van der Waals surface area contributed by atoms with Crippen molar-refractivity contribution in [3.8, 4) is 17.1 Å². The Bertz CT molecular complexity index is 1040. The second-order valence-corrected chi connectivity index (χ2v) is 6.17. The molecule has 0 fully saturated rings. The molecule has 0 unspecified atom stereocenters. The van der Waals surface area contributed by atoms with Crippen molar-refractivity contribution < 1.29 is 20.1 Å². The Labute approximate surface area is 160 Å². The van der Waals surface area contributed by atoms with Crippen molar-refractivity contribution in [1.82, 2.24) is 19.1 Å². The van der Waals surface area contributed by atoms with Gasteiger partial charge in [-0.1, -0.05) is 23.8 Å². The summed E-state index contributed by atoms with van der Waals surface area (Å²) in [6.07, 6.45) is 3.86. The molecule has 0 amide bonds. The van der Waals surface area contributed by atoms with Gasteiger partial charge in [0.2, 0.25) is 0 Å². The van der Waals surface area contributed by atoms with Gasteiger partial charge in [-0.05, 0) is 37.4 Å². The number of imidazole rings is 2. The molecule has 1 radical (unpaired) electrons. The topological polar surface area (TPSA) is 35.6 Å². The van der Waals surface area contributed by atoms with Gasteiger partial charge in [0.25, 0.3) is 0 Å². The molecule has 0 saturated carbocycles. The minimum atomic E-state index is 0. The van der Waals surface area contributed by atoms with E-state index in [1.165, 1.54) is 16.8 Å². The molecular formula is C20H19IrN4-. The molecule has 2 aromatic heterocycles. The molecule has 0 atom stereocenters. The average molecular weight is 508 g/mol. The smallest absolute Gasteiger partial charge is 0.0957 e. The normalized spacial score (nSPS) is 10.9. The van der Waals surface area contributed by atoms with Crippen LogP contribution in [-0.4, -0.2) is 19.1 Å². The molecule has 0 aliphatic carbocycles. The van der Waals surface area contributed by atoms with Gasteiger partial charge in [0, 0.05) is 50.8 Å². The molecule has 129 valence electrons.